The smallest absolute Gasteiger partial charge is 0.0128 e. The molecule has 0 atom stereocenters. The summed E-state index contributed by atoms with van der Waals surface area (Å²) >= 11 is 0. The third-order valence-corrected chi connectivity index (χ3v) is 4.73. The van der Waals surface area contributed by atoms with Crippen molar-refractivity contribution in [2.45, 2.75) is 70.8 Å². The SMILES string of the molecule is CC(C)(CCc1ccccc1)NCC1CCCCCC1. The monoisotopic (exact) mass is 273 g/mol. The molecule has 1 aromatic rings. The summed E-state index contributed by atoms with van der Waals surface area (Å²) in [6.07, 6.45) is 11.0. The highest BCUT2D eigenvalue weighted by Gasteiger charge is 2.19. The molecule has 0 saturated heterocycles. The molecular weight excluding hydrogens is 242 g/mol. The minimum absolute atomic E-state index is 0.252. The molecule has 1 heteroatoms. The van der Waals surface area contributed by atoms with Crippen molar-refractivity contribution in [3.05, 3.63) is 35.9 Å². The summed E-state index contributed by atoms with van der Waals surface area (Å²) in [7, 11) is 0. The molecule has 2 rings (SSSR count). The number of hydrogen-bond acceptors (Lipinski definition) is 1. The Morgan fingerprint density at radius 1 is 1.00 bits per heavy atom. The summed E-state index contributed by atoms with van der Waals surface area (Å²) < 4.78 is 0. The summed E-state index contributed by atoms with van der Waals surface area (Å²) in [6.45, 7) is 5.92. The number of rotatable bonds is 6. The minimum Gasteiger partial charge on any atom is -0.312 e. The second kappa shape index (κ2) is 7.83. The molecule has 0 heterocycles. The van der Waals surface area contributed by atoms with Crippen LogP contribution in [0.15, 0.2) is 30.3 Å². The Morgan fingerprint density at radius 2 is 1.65 bits per heavy atom. The molecule has 1 nitrogen and oxygen atoms in total. The van der Waals surface area contributed by atoms with Gasteiger partial charge in [0, 0.05) is 5.54 Å². The van der Waals surface area contributed by atoms with Crippen LogP contribution in [0.4, 0.5) is 0 Å². The maximum atomic E-state index is 3.83. The maximum Gasteiger partial charge on any atom is 0.0128 e. The molecule has 0 spiro atoms. The van der Waals surface area contributed by atoms with Gasteiger partial charge in [0.2, 0.25) is 0 Å². The first-order chi connectivity index (χ1) is 9.66. The van der Waals surface area contributed by atoms with Crippen molar-refractivity contribution < 1.29 is 0 Å². The normalized spacial score (nSPS) is 17.9. The lowest BCUT2D eigenvalue weighted by Crippen LogP contribution is -2.42. The Balaban J connectivity index is 1.72. The lowest BCUT2D eigenvalue weighted by atomic mass is 9.93. The third kappa shape index (κ3) is 5.66. The average molecular weight is 273 g/mol. The zero-order valence-corrected chi connectivity index (χ0v) is 13.3. The second-order valence-corrected chi connectivity index (χ2v) is 7.11. The molecule has 0 aromatic heterocycles. The molecule has 0 bridgehead atoms. The molecule has 0 unspecified atom stereocenters. The number of hydrogen-bond donors (Lipinski definition) is 1. The topological polar surface area (TPSA) is 12.0 Å². The van der Waals surface area contributed by atoms with Gasteiger partial charge in [-0.25, -0.2) is 0 Å². The summed E-state index contributed by atoms with van der Waals surface area (Å²) in [5, 5.41) is 3.83. The van der Waals surface area contributed by atoms with Crippen LogP contribution in [0.25, 0.3) is 0 Å². The number of nitrogens with one attached hydrogen (secondary N) is 1. The lowest BCUT2D eigenvalue weighted by molar-refractivity contribution is 0.314. The van der Waals surface area contributed by atoms with E-state index in [1.165, 1.54) is 63.5 Å². The van der Waals surface area contributed by atoms with Crippen molar-refractivity contribution in [2.24, 2.45) is 5.92 Å². The second-order valence-electron chi connectivity index (χ2n) is 7.11. The van der Waals surface area contributed by atoms with Gasteiger partial charge in [-0.3, -0.25) is 0 Å². The van der Waals surface area contributed by atoms with Crippen molar-refractivity contribution >= 4 is 0 Å². The van der Waals surface area contributed by atoms with Crippen molar-refractivity contribution in [1.29, 1.82) is 0 Å². The Morgan fingerprint density at radius 3 is 2.30 bits per heavy atom. The van der Waals surface area contributed by atoms with E-state index >= 15 is 0 Å². The fraction of sp³-hybridized carbons (Fsp3) is 0.684. The van der Waals surface area contributed by atoms with Gasteiger partial charge in [-0.2, -0.15) is 0 Å². The van der Waals surface area contributed by atoms with Crippen LogP contribution < -0.4 is 5.32 Å². The molecular formula is C19H31N. The van der Waals surface area contributed by atoms with Crippen molar-refractivity contribution in [3.8, 4) is 0 Å². The molecule has 0 radical (unpaired) electrons. The largest absolute Gasteiger partial charge is 0.312 e. The Bertz CT molecular complexity index is 361. The van der Waals surface area contributed by atoms with E-state index < -0.39 is 0 Å². The highest BCUT2D eigenvalue weighted by molar-refractivity contribution is 5.15. The Hall–Kier alpha value is -0.820. The van der Waals surface area contributed by atoms with Crippen molar-refractivity contribution in [3.63, 3.8) is 0 Å². The molecule has 1 aliphatic carbocycles. The summed E-state index contributed by atoms with van der Waals surface area (Å²) in [6, 6.07) is 10.9. The predicted octanol–water partition coefficient (Wildman–Crippen LogP) is 4.96. The molecule has 1 fully saturated rings. The fourth-order valence-electron chi connectivity index (χ4n) is 3.18. The van der Waals surface area contributed by atoms with E-state index in [0.29, 0.717) is 0 Å². The van der Waals surface area contributed by atoms with E-state index in [1.54, 1.807) is 0 Å². The first-order valence-corrected chi connectivity index (χ1v) is 8.45. The standard InChI is InChI=1S/C19H31N/c1-19(2,15-14-17-10-8-5-9-11-17)20-16-18-12-6-3-4-7-13-18/h5,8-11,18,20H,3-4,6-7,12-16H2,1-2H3. The van der Waals surface area contributed by atoms with Crippen LogP contribution in [0, 0.1) is 5.92 Å². The van der Waals surface area contributed by atoms with Gasteiger partial charge in [0.1, 0.15) is 0 Å². The quantitative estimate of drug-likeness (QED) is 0.722. The van der Waals surface area contributed by atoms with E-state index in [1.807, 2.05) is 0 Å². The predicted molar refractivity (Wildman–Crippen MR) is 88.0 cm³/mol. The van der Waals surface area contributed by atoms with E-state index in [2.05, 4.69) is 49.5 Å². The van der Waals surface area contributed by atoms with E-state index in [0.717, 1.165) is 5.92 Å². The third-order valence-electron chi connectivity index (χ3n) is 4.73. The van der Waals surface area contributed by atoms with Crippen LogP contribution in [0.2, 0.25) is 0 Å². The van der Waals surface area contributed by atoms with Gasteiger partial charge < -0.3 is 5.32 Å². The van der Waals surface area contributed by atoms with Crippen LogP contribution in [-0.4, -0.2) is 12.1 Å². The van der Waals surface area contributed by atoms with Crippen LogP contribution in [0.3, 0.4) is 0 Å². The Kier molecular flexibility index (Phi) is 6.09. The first-order valence-electron chi connectivity index (χ1n) is 8.45. The lowest BCUT2D eigenvalue weighted by Gasteiger charge is -2.29. The van der Waals surface area contributed by atoms with Crippen LogP contribution in [0.5, 0.6) is 0 Å². The van der Waals surface area contributed by atoms with E-state index in [9.17, 15) is 0 Å². The van der Waals surface area contributed by atoms with Crippen molar-refractivity contribution in [1.82, 2.24) is 5.32 Å². The van der Waals surface area contributed by atoms with Gasteiger partial charge in [-0.1, -0.05) is 56.0 Å². The van der Waals surface area contributed by atoms with E-state index in [4.69, 9.17) is 0 Å². The zero-order chi connectivity index (χ0) is 14.3. The zero-order valence-electron chi connectivity index (χ0n) is 13.3. The van der Waals surface area contributed by atoms with Crippen molar-refractivity contribution in [2.75, 3.05) is 6.54 Å². The molecule has 0 amide bonds. The summed E-state index contributed by atoms with van der Waals surface area (Å²) in [5.41, 5.74) is 1.71. The van der Waals surface area contributed by atoms with Crippen LogP contribution in [-0.2, 0) is 6.42 Å². The van der Waals surface area contributed by atoms with Gasteiger partial charge in [0.15, 0.2) is 0 Å². The van der Waals surface area contributed by atoms with Gasteiger partial charge in [0.05, 0.1) is 0 Å². The van der Waals surface area contributed by atoms with Gasteiger partial charge in [-0.15, -0.1) is 0 Å². The highest BCUT2D eigenvalue weighted by Crippen LogP contribution is 2.23. The summed E-state index contributed by atoms with van der Waals surface area (Å²) in [4.78, 5) is 0. The number of aryl methyl sites for hydroxylation is 1. The molecule has 1 saturated carbocycles. The van der Waals surface area contributed by atoms with Crippen LogP contribution >= 0.6 is 0 Å². The molecule has 0 aliphatic heterocycles. The van der Waals surface area contributed by atoms with Gasteiger partial charge in [0.25, 0.3) is 0 Å². The molecule has 112 valence electrons. The van der Waals surface area contributed by atoms with Gasteiger partial charge >= 0.3 is 0 Å². The van der Waals surface area contributed by atoms with Gasteiger partial charge in [-0.05, 0) is 57.6 Å². The molecule has 1 N–H and O–H groups in total. The highest BCUT2D eigenvalue weighted by atomic mass is 15.0. The van der Waals surface area contributed by atoms with E-state index in [-0.39, 0.29) is 5.54 Å². The minimum atomic E-state index is 0.252. The maximum absolute atomic E-state index is 3.83. The molecule has 20 heavy (non-hydrogen) atoms. The van der Waals surface area contributed by atoms with Crippen LogP contribution in [0.1, 0.15) is 64.4 Å². The number of benzene rings is 1. The average Bonchev–Trinajstić information content (AvgIpc) is 2.73. The Labute approximate surface area is 125 Å². The summed E-state index contributed by atoms with van der Waals surface area (Å²) in [5.74, 6) is 0.911. The molecule has 1 aliphatic rings. The molecule has 1 aromatic carbocycles. The first kappa shape index (κ1) is 15.6. The fourth-order valence-corrected chi connectivity index (χ4v) is 3.18.